The second-order valence-electron chi connectivity index (χ2n) is 6.34. The summed E-state index contributed by atoms with van der Waals surface area (Å²) in [7, 11) is 0. The maximum absolute atomic E-state index is 11.8. The summed E-state index contributed by atoms with van der Waals surface area (Å²) in [5.41, 5.74) is 5.34. The Hall–Kier alpha value is -0.420. The fraction of sp³-hybridized carbons (Fsp3) is 0.923. The van der Waals surface area contributed by atoms with E-state index in [0.29, 0.717) is 12.5 Å². The molecule has 0 aromatic heterocycles. The molecule has 18 heavy (non-hydrogen) atoms. The molecule has 1 rings (SSSR count). The Morgan fingerprint density at radius 3 is 2.56 bits per heavy atom. The summed E-state index contributed by atoms with van der Waals surface area (Å²) in [6.07, 6.45) is 0.723. The second-order valence-corrected chi connectivity index (χ2v) is 8.08. The van der Waals surface area contributed by atoms with Crippen molar-refractivity contribution in [3.8, 4) is 0 Å². The minimum absolute atomic E-state index is 0.00940. The van der Waals surface area contributed by atoms with Gasteiger partial charge in [-0.3, -0.25) is 0 Å². The van der Waals surface area contributed by atoms with Crippen molar-refractivity contribution in [1.29, 1.82) is 0 Å². The van der Waals surface area contributed by atoms with E-state index in [1.807, 2.05) is 32.5 Å². The predicted octanol–water partition coefficient (Wildman–Crippen LogP) is 2.37. The minimum Gasteiger partial charge on any atom is -0.444 e. The highest BCUT2D eigenvalue weighted by molar-refractivity contribution is 8.00. The molecule has 2 unspecified atom stereocenters. The van der Waals surface area contributed by atoms with E-state index >= 15 is 0 Å². The molecule has 4 nitrogen and oxygen atoms in total. The Morgan fingerprint density at radius 2 is 2.17 bits per heavy atom. The normalized spacial score (nSPS) is 24.7. The smallest absolute Gasteiger partial charge is 0.407 e. The van der Waals surface area contributed by atoms with Crippen LogP contribution in [0.3, 0.4) is 0 Å². The molecule has 0 spiro atoms. The van der Waals surface area contributed by atoms with Gasteiger partial charge >= 0.3 is 6.09 Å². The molecule has 0 aliphatic carbocycles. The zero-order chi connectivity index (χ0) is 14.0. The highest BCUT2D eigenvalue weighted by Gasteiger charge is 2.40. The maximum atomic E-state index is 11.8. The number of rotatable bonds is 3. The van der Waals surface area contributed by atoms with Crippen molar-refractivity contribution in [2.45, 2.75) is 57.4 Å². The first-order valence-electron chi connectivity index (χ1n) is 6.49. The van der Waals surface area contributed by atoms with Crippen molar-refractivity contribution in [3.63, 3.8) is 0 Å². The minimum atomic E-state index is -0.469. The van der Waals surface area contributed by atoms with Crippen LogP contribution >= 0.6 is 11.8 Å². The number of amides is 1. The Labute approximate surface area is 114 Å². The molecule has 0 radical (unpaired) electrons. The zero-order valence-electron chi connectivity index (χ0n) is 12.1. The molecular weight excluding hydrogens is 248 g/mol. The summed E-state index contributed by atoms with van der Waals surface area (Å²) in [6.45, 7) is 10.5. The van der Waals surface area contributed by atoms with E-state index in [9.17, 15) is 4.79 Å². The molecule has 0 aromatic carbocycles. The SMILES string of the molecule is CC(C)(C)OC(=O)NC(CN)C1CCSC1(C)C. The van der Waals surface area contributed by atoms with E-state index < -0.39 is 5.60 Å². The number of hydrogen-bond acceptors (Lipinski definition) is 4. The first kappa shape index (κ1) is 15.6. The van der Waals surface area contributed by atoms with Gasteiger partial charge in [-0.1, -0.05) is 13.8 Å². The molecule has 1 aliphatic heterocycles. The first-order valence-corrected chi connectivity index (χ1v) is 7.48. The van der Waals surface area contributed by atoms with Gasteiger partial charge in [0.2, 0.25) is 0 Å². The van der Waals surface area contributed by atoms with Crippen LogP contribution in [0, 0.1) is 5.92 Å². The summed E-state index contributed by atoms with van der Waals surface area (Å²) < 4.78 is 5.45. The van der Waals surface area contributed by atoms with E-state index in [-0.39, 0.29) is 16.9 Å². The monoisotopic (exact) mass is 274 g/mol. The number of thioether (sulfide) groups is 1. The van der Waals surface area contributed by atoms with Crippen LogP contribution in [0.15, 0.2) is 0 Å². The van der Waals surface area contributed by atoms with Crippen LogP contribution in [-0.2, 0) is 4.74 Å². The van der Waals surface area contributed by atoms with E-state index in [4.69, 9.17) is 10.5 Å². The van der Waals surface area contributed by atoms with Gasteiger partial charge in [-0.2, -0.15) is 11.8 Å². The molecule has 0 saturated carbocycles. The largest absolute Gasteiger partial charge is 0.444 e. The van der Waals surface area contributed by atoms with Crippen LogP contribution in [0.25, 0.3) is 0 Å². The summed E-state index contributed by atoms with van der Waals surface area (Å²) in [5.74, 6) is 1.53. The van der Waals surface area contributed by atoms with Gasteiger partial charge in [-0.05, 0) is 38.9 Å². The molecule has 1 aliphatic rings. The molecule has 1 fully saturated rings. The predicted molar refractivity (Wildman–Crippen MR) is 76.9 cm³/mol. The third-order valence-corrected chi connectivity index (χ3v) is 4.72. The quantitative estimate of drug-likeness (QED) is 0.829. The van der Waals surface area contributed by atoms with E-state index in [2.05, 4.69) is 19.2 Å². The van der Waals surface area contributed by atoms with Crippen molar-refractivity contribution in [1.82, 2.24) is 5.32 Å². The third-order valence-electron chi connectivity index (χ3n) is 3.24. The maximum Gasteiger partial charge on any atom is 0.407 e. The van der Waals surface area contributed by atoms with Crippen LogP contribution < -0.4 is 11.1 Å². The molecule has 5 heteroatoms. The Balaban J connectivity index is 2.60. The summed E-state index contributed by atoms with van der Waals surface area (Å²) in [4.78, 5) is 11.8. The lowest BCUT2D eigenvalue weighted by atomic mass is 9.86. The summed E-state index contributed by atoms with van der Waals surface area (Å²) in [5, 5.41) is 2.92. The van der Waals surface area contributed by atoms with Crippen LogP contribution in [0.5, 0.6) is 0 Å². The number of carbonyl (C=O) groups is 1. The molecule has 1 amide bonds. The van der Waals surface area contributed by atoms with Gasteiger partial charge in [0.15, 0.2) is 0 Å². The Bertz CT molecular complexity index is 300. The number of ether oxygens (including phenoxy) is 1. The zero-order valence-corrected chi connectivity index (χ0v) is 12.9. The number of nitrogens with two attached hydrogens (primary N) is 1. The van der Waals surface area contributed by atoms with E-state index in [1.165, 1.54) is 0 Å². The van der Waals surface area contributed by atoms with Crippen LogP contribution in [0.4, 0.5) is 4.79 Å². The number of hydrogen-bond donors (Lipinski definition) is 2. The van der Waals surface area contributed by atoms with Gasteiger partial charge in [0.25, 0.3) is 0 Å². The molecule has 2 atom stereocenters. The van der Waals surface area contributed by atoms with Gasteiger partial charge in [0, 0.05) is 17.3 Å². The standard InChI is InChI=1S/C13H26N2O2S/c1-12(2,3)17-11(16)15-10(8-14)9-6-7-18-13(9,4)5/h9-10H,6-8,14H2,1-5H3,(H,15,16). The van der Waals surface area contributed by atoms with Crippen LogP contribution in [0.2, 0.25) is 0 Å². The average Bonchev–Trinajstić information content (AvgIpc) is 2.52. The van der Waals surface area contributed by atoms with Crippen molar-refractivity contribution < 1.29 is 9.53 Å². The van der Waals surface area contributed by atoms with Gasteiger partial charge < -0.3 is 15.8 Å². The fourth-order valence-electron chi connectivity index (χ4n) is 2.37. The van der Waals surface area contributed by atoms with Gasteiger partial charge in [-0.15, -0.1) is 0 Å². The van der Waals surface area contributed by atoms with Crippen molar-refractivity contribution in [2.75, 3.05) is 12.3 Å². The Kier molecular flexibility index (Phi) is 4.95. The lowest BCUT2D eigenvalue weighted by Crippen LogP contribution is -2.50. The molecule has 3 N–H and O–H groups in total. The summed E-state index contributed by atoms with van der Waals surface area (Å²) >= 11 is 1.94. The number of alkyl carbamates (subject to hydrolysis) is 1. The van der Waals surface area contributed by atoms with Gasteiger partial charge in [0.05, 0.1) is 0 Å². The van der Waals surface area contributed by atoms with Gasteiger partial charge in [0.1, 0.15) is 5.60 Å². The lowest BCUT2D eigenvalue weighted by molar-refractivity contribution is 0.0483. The summed E-state index contributed by atoms with van der Waals surface area (Å²) in [6, 6.07) is -0.00940. The van der Waals surface area contributed by atoms with Crippen molar-refractivity contribution >= 4 is 17.9 Å². The van der Waals surface area contributed by atoms with E-state index in [1.54, 1.807) is 0 Å². The molecule has 1 saturated heterocycles. The molecule has 1 heterocycles. The van der Waals surface area contributed by atoms with Crippen molar-refractivity contribution in [2.24, 2.45) is 11.7 Å². The highest BCUT2D eigenvalue weighted by atomic mass is 32.2. The number of carbonyl (C=O) groups excluding carboxylic acids is 1. The first-order chi connectivity index (χ1) is 8.15. The average molecular weight is 274 g/mol. The van der Waals surface area contributed by atoms with Crippen molar-refractivity contribution in [3.05, 3.63) is 0 Å². The topological polar surface area (TPSA) is 64.3 Å². The third kappa shape index (κ3) is 4.35. The highest BCUT2D eigenvalue weighted by Crippen LogP contribution is 2.43. The lowest BCUT2D eigenvalue weighted by Gasteiger charge is -2.33. The molecule has 0 aromatic rings. The van der Waals surface area contributed by atoms with Crippen LogP contribution in [-0.4, -0.2) is 34.8 Å². The molecule has 106 valence electrons. The second kappa shape index (κ2) is 5.70. The van der Waals surface area contributed by atoms with Crippen LogP contribution in [0.1, 0.15) is 41.0 Å². The number of nitrogens with one attached hydrogen (secondary N) is 1. The Morgan fingerprint density at radius 1 is 1.56 bits per heavy atom. The molecule has 0 bridgehead atoms. The molecular formula is C13H26N2O2S. The fourth-order valence-corrected chi connectivity index (χ4v) is 3.77. The van der Waals surface area contributed by atoms with E-state index in [0.717, 1.165) is 12.2 Å². The van der Waals surface area contributed by atoms with Gasteiger partial charge in [-0.25, -0.2) is 4.79 Å².